The second-order valence-corrected chi connectivity index (χ2v) is 18.8. The van der Waals surface area contributed by atoms with E-state index in [2.05, 4.69) is 57.4 Å². The van der Waals surface area contributed by atoms with Crippen LogP contribution in [-0.4, -0.2) is 34.8 Å². The second kappa shape index (κ2) is 3.77. The first-order valence-electron chi connectivity index (χ1n) is 4.68. The van der Waals surface area contributed by atoms with Crippen LogP contribution < -0.4 is 0 Å². The van der Waals surface area contributed by atoms with Crippen molar-refractivity contribution in [3.8, 4) is 0 Å². The Morgan fingerprint density at radius 1 is 1.08 bits per heavy atom. The normalized spacial score (nSPS) is 39.5. The van der Waals surface area contributed by atoms with Gasteiger partial charge in [-0.1, -0.05) is 0 Å². The molecule has 1 rings (SSSR count). The van der Waals surface area contributed by atoms with Gasteiger partial charge in [-0.3, -0.25) is 0 Å². The van der Waals surface area contributed by atoms with Gasteiger partial charge >= 0.3 is 95.8 Å². The van der Waals surface area contributed by atoms with Crippen molar-refractivity contribution < 1.29 is 0 Å². The Hall–Kier alpha value is 1.42. The van der Waals surface area contributed by atoms with Crippen LogP contribution >= 0.6 is 40.7 Å². The van der Waals surface area contributed by atoms with Gasteiger partial charge in [0.05, 0.1) is 0 Å². The third-order valence-electron chi connectivity index (χ3n) is 2.07. The van der Waals surface area contributed by atoms with Gasteiger partial charge in [-0.05, 0) is 0 Å². The standard InChI is InChI=1S/C9H20ClPS2/c1-7-6-8(2)13-9(12-7)11(3,4,5)10/h7-9H,6H2,1-5H3/t7-,8+,9?. The van der Waals surface area contributed by atoms with Crippen molar-refractivity contribution in [2.45, 2.75) is 35.1 Å². The Labute approximate surface area is 95.7 Å². The maximum absolute atomic E-state index is 6.69. The fourth-order valence-electron chi connectivity index (χ4n) is 1.42. The molecule has 1 unspecified atom stereocenters. The van der Waals surface area contributed by atoms with Crippen LogP contribution in [0.3, 0.4) is 0 Å². The average molecular weight is 259 g/mol. The summed E-state index contributed by atoms with van der Waals surface area (Å²) in [5.74, 6) is -1.90. The molecule has 1 fully saturated rings. The van der Waals surface area contributed by atoms with Gasteiger partial charge in [0.1, 0.15) is 0 Å². The molecule has 0 aromatic rings. The Morgan fingerprint density at radius 3 is 1.77 bits per heavy atom. The molecule has 0 aromatic heterocycles. The Balaban J connectivity index is 2.71. The zero-order chi connectivity index (χ0) is 10.3. The van der Waals surface area contributed by atoms with Crippen LogP contribution in [-0.2, 0) is 0 Å². The van der Waals surface area contributed by atoms with E-state index in [0.717, 1.165) is 10.5 Å². The van der Waals surface area contributed by atoms with Crippen LogP contribution in [0.5, 0.6) is 0 Å². The van der Waals surface area contributed by atoms with Crippen molar-refractivity contribution in [3.05, 3.63) is 0 Å². The number of halogens is 1. The van der Waals surface area contributed by atoms with Crippen LogP contribution in [0.25, 0.3) is 0 Å². The van der Waals surface area contributed by atoms with Gasteiger partial charge in [0.15, 0.2) is 0 Å². The summed E-state index contributed by atoms with van der Waals surface area (Å²) >= 11 is 10.9. The van der Waals surface area contributed by atoms with Crippen molar-refractivity contribution >= 4 is 40.7 Å². The Morgan fingerprint density at radius 2 is 1.46 bits per heavy atom. The monoisotopic (exact) mass is 258 g/mol. The van der Waals surface area contributed by atoms with Crippen molar-refractivity contribution in [3.63, 3.8) is 0 Å². The van der Waals surface area contributed by atoms with Gasteiger partial charge in [0, 0.05) is 0 Å². The molecular weight excluding hydrogens is 239 g/mol. The topological polar surface area (TPSA) is 0 Å². The first-order chi connectivity index (χ1) is 5.65. The van der Waals surface area contributed by atoms with E-state index in [-0.39, 0.29) is 0 Å². The van der Waals surface area contributed by atoms with E-state index in [4.69, 9.17) is 11.2 Å². The molecule has 0 N–H and O–H groups in total. The molecular formula is C9H20ClPS2. The molecule has 0 aromatic carbocycles. The van der Waals surface area contributed by atoms with Gasteiger partial charge in [0.2, 0.25) is 0 Å². The van der Waals surface area contributed by atoms with Crippen molar-refractivity contribution in [2.75, 3.05) is 20.0 Å². The third kappa shape index (κ3) is 3.81. The van der Waals surface area contributed by atoms with E-state index in [1.165, 1.54) is 6.42 Å². The molecule has 1 aliphatic rings. The van der Waals surface area contributed by atoms with Crippen molar-refractivity contribution in [1.29, 1.82) is 0 Å². The zero-order valence-electron chi connectivity index (χ0n) is 9.08. The summed E-state index contributed by atoms with van der Waals surface area (Å²) in [5, 5.41) is 1.56. The van der Waals surface area contributed by atoms with Crippen molar-refractivity contribution in [2.24, 2.45) is 0 Å². The van der Waals surface area contributed by atoms with Gasteiger partial charge in [-0.25, -0.2) is 0 Å². The fraction of sp³-hybridized carbons (Fsp3) is 1.00. The first-order valence-corrected chi connectivity index (χ1v) is 11.1. The maximum atomic E-state index is 6.69. The predicted octanol–water partition coefficient (Wildman–Crippen LogP) is 4.51. The van der Waals surface area contributed by atoms with Crippen LogP contribution in [0.2, 0.25) is 0 Å². The fourth-order valence-corrected chi connectivity index (χ4v) is 9.89. The van der Waals surface area contributed by atoms with Crippen LogP contribution in [0, 0.1) is 0 Å². The van der Waals surface area contributed by atoms with E-state index in [1.807, 2.05) is 0 Å². The SMILES string of the molecule is C[C@@H]1C[C@H](C)SC(P(C)(C)(C)Cl)S1. The number of hydrogen-bond acceptors (Lipinski definition) is 2. The number of thioether (sulfide) groups is 2. The molecule has 0 saturated carbocycles. The van der Waals surface area contributed by atoms with Gasteiger partial charge in [0.25, 0.3) is 0 Å². The van der Waals surface area contributed by atoms with Crippen LogP contribution in [0.1, 0.15) is 20.3 Å². The summed E-state index contributed by atoms with van der Waals surface area (Å²) in [7, 11) is 0. The molecule has 0 bridgehead atoms. The summed E-state index contributed by atoms with van der Waals surface area (Å²) < 4.78 is 0.631. The Bertz CT molecular complexity index is 180. The molecule has 0 nitrogen and oxygen atoms in total. The van der Waals surface area contributed by atoms with Crippen LogP contribution in [0.4, 0.5) is 0 Å². The van der Waals surface area contributed by atoms with E-state index >= 15 is 0 Å². The van der Waals surface area contributed by atoms with Crippen molar-refractivity contribution in [1.82, 2.24) is 0 Å². The first kappa shape index (κ1) is 12.5. The molecule has 80 valence electrons. The third-order valence-corrected chi connectivity index (χ3v) is 12.4. The molecule has 1 saturated heterocycles. The van der Waals surface area contributed by atoms with E-state index in [9.17, 15) is 0 Å². The summed E-state index contributed by atoms with van der Waals surface area (Å²) in [5.41, 5.74) is 0. The summed E-state index contributed by atoms with van der Waals surface area (Å²) in [6.45, 7) is 11.5. The molecule has 4 heteroatoms. The molecule has 0 spiro atoms. The van der Waals surface area contributed by atoms with E-state index in [0.29, 0.717) is 4.32 Å². The summed E-state index contributed by atoms with van der Waals surface area (Å²) in [4.78, 5) is 0. The Kier molecular flexibility index (Phi) is 3.63. The zero-order valence-corrected chi connectivity index (χ0v) is 12.4. The molecule has 0 radical (unpaired) electrons. The van der Waals surface area contributed by atoms with E-state index < -0.39 is 5.96 Å². The van der Waals surface area contributed by atoms with Gasteiger partial charge in [-0.15, -0.1) is 0 Å². The molecule has 0 aliphatic carbocycles. The molecule has 13 heavy (non-hydrogen) atoms. The molecule has 1 heterocycles. The quantitative estimate of drug-likeness (QED) is 0.635. The summed E-state index contributed by atoms with van der Waals surface area (Å²) in [6.07, 6.45) is 1.33. The van der Waals surface area contributed by atoms with E-state index in [1.54, 1.807) is 0 Å². The number of rotatable bonds is 1. The van der Waals surface area contributed by atoms with Gasteiger partial charge < -0.3 is 0 Å². The molecule has 3 atom stereocenters. The minimum absolute atomic E-state index is 0.631. The van der Waals surface area contributed by atoms with Gasteiger partial charge in [-0.2, -0.15) is 0 Å². The summed E-state index contributed by atoms with van der Waals surface area (Å²) in [6, 6.07) is 0. The van der Waals surface area contributed by atoms with Crippen LogP contribution in [0.15, 0.2) is 0 Å². The average Bonchev–Trinajstić information content (AvgIpc) is 1.80. The number of hydrogen-bond donors (Lipinski definition) is 0. The minimum atomic E-state index is -1.90. The molecule has 0 amide bonds. The predicted molar refractivity (Wildman–Crippen MR) is 73.1 cm³/mol. The molecule has 1 aliphatic heterocycles. The second-order valence-electron chi connectivity index (χ2n) is 5.16.